The molecular weight excluding hydrogens is 449 g/mol. The summed E-state index contributed by atoms with van der Waals surface area (Å²) < 4.78 is 47.7. The summed E-state index contributed by atoms with van der Waals surface area (Å²) in [5.41, 5.74) is 0.485. The number of carbonyl (C=O) groups excluding carboxylic acids is 1. The van der Waals surface area contributed by atoms with Gasteiger partial charge in [-0.2, -0.15) is 15.1 Å². The fraction of sp³-hybridized carbons (Fsp3) is 0.652. The third-order valence-electron chi connectivity index (χ3n) is 6.16. The van der Waals surface area contributed by atoms with Crippen molar-refractivity contribution in [2.75, 3.05) is 18.4 Å². The van der Waals surface area contributed by atoms with Crippen molar-refractivity contribution in [3.8, 4) is 11.8 Å². The number of hydrogen-bond acceptors (Lipinski definition) is 6. The first kappa shape index (κ1) is 24.3. The number of likely N-dealkylation sites (tertiary alicyclic amines) is 1. The molecule has 2 aromatic rings. The molecule has 0 aromatic carbocycles. The first-order chi connectivity index (χ1) is 15.9. The molecule has 0 unspecified atom stereocenters. The molecule has 2 fully saturated rings. The van der Waals surface area contributed by atoms with Crippen LogP contribution in [0.1, 0.15) is 57.7 Å². The Labute approximate surface area is 196 Å². The summed E-state index contributed by atoms with van der Waals surface area (Å²) in [5, 5.41) is 7.42. The average molecular weight is 481 g/mol. The van der Waals surface area contributed by atoms with E-state index in [1.807, 2.05) is 20.8 Å². The molecule has 0 radical (unpaired) electrons. The van der Waals surface area contributed by atoms with Gasteiger partial charge in [-0.05, 0) is 25.3 Å². The molecular formula is C23H31F3N6O2. The minimum Gasteiger partial charge on any atom is -0.470 e. The van der Waals surface area contributed by atoms with Gasteiger partial charge < -0.3 is 15.0 Å². The van der Waals surface area contributed by atoms with Crippen molar-refractivity contribution in [1.82, 2.24) is 24.6 Å². The Morgan fingerprint density at radius 3 is 2.50 bits per heavy atom. The van der Waals surface area contributed by atoms with E-state index in [4.69, 9.17) is 4.74 Å². The highest BCUT2D eigenvalue weighted by atomic mass is 19.3. The highest BCUT2D eigenvalue weighted by Crippen LogP contribution is 2.34. The van der Waals surface area contributed by atoms with Gasteiger partial charge in [0.15, 0.2) is 0 Å². The van der Waals surface area contributed by atoms with E-state index in [0.29, 0.717) is 37.3 Å². The minimum atomic E-state index is -2.63. The quantitative estimate of drug-likeness (QED) is 0.671. The number of anilines is 1. The Hall–Kier alpha value is -2.85. The van der Waals surface area contributed by atoms with Gasteiger partial charge in [-0.1, -0.05) is 20.8 Å². The van der Waals surface area contributed by atoms with Crippen molar-refractivity contribution in [3.05, 3.63) is 23.5 Å². The number of alkyl halides is 3. The first-order valence-electron chi connectivity index (χ1n) is 11.5. The van der Waals surface area contributed by atoms with Crippen molar-refractivity contribution in [3.63, 3.8) is 0 Å². The number of aryl methyl sites for hydroxylation is 1. The normalized spacial score (nSPS) is 19.1. The van der Waals surface area contributed by atoms with E-state index in [0.717, 1.165) is 0 Å². The zero-order valence-electron chi connectivity index (χ0n) is 19.9. The van der Waals surface area contributed by atoms with Crippen LogP contribution < -0.4 is 10.1 Å². The molecule has 34 heavy (non-hydrogen) atoms. The van der Waals surface area contributed by atoms with Crippen LogP contribution in [0, 0.1) is 12.3 Å². The lowest BCUT2D eigenvalue weighted by Crippen LogP contribution is -2.58. The van der Waals surface area contributed by atoms with E-state index >= 15 is 0 Å². The van der Waals surface area contributed by atoms with Gasteiger partial charge in [-0.15, -0.1) is 0 Å². The van der Waals surface area contributed by atoms with Crippen LogP contribution >= 0.6 is 0 Å². The van der Waals surface area contributed by atoms with Gasteiger partial charge in [0, 0.05) is 36.6 Å². The number of nitrogens with one attached hydrogen (secondary N) is 1. The maximum atomic E-state index is 13.5. The Morgan fingerprint density at radius 2 is 1.91 bits per heavy atom. The summed E-state index contributed by atoms with van der Waals surface area (Å²) in [6.07, 6.45) is 1.69. The molecule has 2 aromatic heterocycles. The van der Waals surface area contributed by atoms with Crippen LogP contribution in [0.2, 0.25) is 0 Å². The monoisotopic (exact) mass is 480 g/mol. The summed E-state index contributed by atoms with van der Waals surface area (Å²) in [7, 11) is 0. The largest absolute Gasteiger partial charge is 0.470 e. The lowest BCUT2D eigenvalue weighted by Gasteiger charge is -2.41. The van der Waals surface area contributed by atoms with Crippen LogP contribution in [0.5, 0.6) is 5.88 Å². The Balaban J connectivity index is 1.52. The summed E-state index contributed by atoms with van der Waals surface area (Å²) in [4.78, 5) is 23.0. The predicted octanol–water partition coefficient (Wildman–Crippen LogP) is 4.07. The molecule has 3 heterocycles. The zero-order valence-corrected chi connectivity index (χ0v) is 19.9. The smallest absolute Gasteiger partial charge is 0.255 e. The molecule has 0 bridgehead atoms. The van der Waals surface area contributed by atoms with E-state index in [1.165, 1.54) is 4.68 Å². The van der Waals surface area contributed by atoms with Crippen LogP contribution in [0.15, 0.2) is 12.3 Å². The Kier molecular flexibility index (Phi) is 6.48. The molecule has 0 atom stereocenters. The van der Waals surface area contributed by atoms with E-state index in [1.54, 1.807) is 24.1 Å². The van der Waals surface area contributed by atoms with Gasteiger partial charge in [-0.3, -0.25) is 4.79 Å². The number of aromatic nitrogens is 4. The van der Waals surface area contributed by atoms with Crippen LogP contribution in [-0.4, -0.2) is 61.7 Å². The molecule has 1 saturated carbocycles. The molecule has 11 heteroatoms. The fourth-order valence-corrected chi connectivity index (χ4v) is 4.10. The molecule has 1 N–H and O–H groups in total. The van der Waals surface area contributed by atoms with E-state index in [-0.39, 0.29) is 48.4 Å². The van der Waals surface area contributed by atoms with Gasteiger partial charge in [-0.25, -0.2) is 17.9 Å². The molecule has 4 rings (SSSR count). The average Bonchev–Trinajstić information content (AvgIpc) is 3.11. The number of halogens is 3. The van der Waals surface area contributed by atoms with E-state index in [9.17, 15) is 18.0 Å². The number of nitrogens with zero attached hydrogens (tertiary/aromatic N) is 5. The SMILES string of the molecule is Cc1cn(-c2nc(NC3CCC(F)(F)CC3)cc(OC3CN(C(=O)C(C)(C)C)C3)n2)nc1CF. The lowest BCUT2D eigenvalue weighted by molar-refractivity contribution is -0.148. The van der Waals surface area contributed by atoms with Gasteiger partial charge in [0.05, 0.1) is 18.8 Å². The number of rotatable bonds is 6. The fourth-order valence-electron chi connectivity index (χ4n) is 4.10. The molecule has 0 spiro atoms. The zero-order chi connectivity index (χ0) is 24.7. The molecule has 1 saturated heterocycles. The van der Waals surface area contributed by atoms with Crippen LogP contribution in [0.4, 0.5) is 19.0 Å². The second-order valence-electron chi connectivity index (χ2n) is 10.2. The topological polar surface area (TPSA) is 85.2 Å². The van der Waals surface area contributed by atoms with E-state index < -0.39 is 18.0 Å². The van der Waals surface area contributed by atoms with Crippen molar-refractivity contribution >= 4 is 11.7 Å². The third-order valence-corrected chi connectivity index (χ3v) is 6.16. The van der Waals surface area contributed by atoms with Gasteiger partial charge in [0.25, 0.3) is 5.95 Å². The first-order valence-corrected chi connectivity index (χ1v) is 11.5. The van der Waals surface area contributed by atoms with Crippen LogP contribution in [0.25, 0.3) is 5.95 Å². The van der Waals surface area contributed by atoms with E-state index in [2.05, 4.69) is 20.4 Å². The Morgan fingerprint density at radius 1 is 1.24 bits per heavy atom. The van der Waals surface area contributed by atoms with Gasteiger partial charge in [0.1, 0.15) is 18.6 Å². The van der Waals surface area contributed by atoms with Gasteiger partial charge >= 0.3 is 0 Å². The molecule has 1 aliphatic heterocycles. The number of amides is 1. The molecule has 1 amide bonds. The molecule has 1 aliphatic carbocycles. The molecule has 8 nitrogen and oxygen atoms in total. The van der Waals surface area contributed by atoms with Crippen molar-refractivity contribution < 1.29 is 22.7 Å². The van der Waals surface area contributed by atoms with Gasteiger partial charge in [0.2, 0.25) is 17.7 Å². The van der Waals surface area contributed by atoms with Crippen LogP contribution in [-0.2, 0) is 11.5 Å². The Bertz CT molecular complexity index is 1040. The summed E-state index contributed by atoms with van der Waals surface area (Å²) >= 11 is 0. The lowest BCUT2D eigenvalue weighted by atomic mass is 9.92. The summed E-state index contributed by atoms with van der Waals surface area (Å²) in [6, 6.07) is 1.47. The highest BCUT2D eigenvalue weighted by molar-refractivity contribution is 5.82. The third kappa shape index (κ3) is 5.44. The summed E-state index contributed by atoms with van der Waals surface area (Å²) in [6.45, 7) is 7.54. The number of carbonyl (C=O) groups is 1. The minimum absolute atomic E-state index is 0.0537. The molecule has 186 valence electrons. The molecule has 2 aliphatic rings. The van der Waals surface area contributed by atoms with Crippen LogP contribution in [0.3, 0.4) is 0 Å². The highest BCUT2D eigenvalue weighted by Gasteiger charge is 2.38. The van der Waals surface area contributed by atoms with Crippen molar-refractivity contribution in [1.29, 1.82) is 0 Å². The maximum Gasteiger partial charge on any atom is 0.255 e. The second kappa shape index (κ2) is 9.07. The number of ether oxygens (including phenoxy) is 1. The summed E-state index contributed by atoms with van der Waals surface area (Å²) in [5.74, 6) is -1.69. The number of hydrogen-bond donors (Lipinski definition) is 1. The second-order valence-corrected chi connectivity index (χ2v) is 10.2. The predicted molar refractivity (Wildman–Crippen MR) is 120 cm³/mol. The maximum absolute atomic E-state index is 13.5. The standard InChI is InChI=1S/C23H31F3N6O2/c1-14-11-32(30-17(14)10-24)21-28-18(27-15-5-7-23(25,26)8-6-15)9-19(29-21)34-16-12-31(13-16)20(33)22(2,3)4/h9,11,15-16H,5-8,10,12-13H2,1-4H3,(H,27,28,29). The van der Waals surface area contributed by atoms with Crippen molar-refractivity contribution in [2.45, 2.75) is 78.1 Å². The van der Waals surface area contributed by atoms with Crippen molar-refractivity contribution in [2.24, 2.45) is 5.41 Å².